The normalized spacial score (nSPS) is 12.7. The number of hydrogen-bond acceptors (Lipinski definition) is 0. The highest BCUT2D eigenvalue weighted by Crippen LogP contribution is 2.43. The van der Waals surface area contributed by atoms with E-state index in [9.17, 15) is 0 Å². The summed E-state index contributed by atoms with van der Waals surface area (Å²) in [4.78, 5) is 0. The van der Waals surface area contributed by atoms with Gasteiger partial charge in [-0.05, 0) is 64.6 Å². The van der Waals surface area contributed by atoms with Gasteiger partial charge in [0.15, 0.2) is 6.20 Å². The van der Waals surface area contributed by atoms with Crippen LogP contribution in [0.1, 0.15) is 31.9 Å². The standard InChI is InChI=1S/C34H31N2/c1-21-14-15-26-30-24(20-34(2,3)4)12-9-13-27(30)36-28-19-25(22-10-7-6-8-11-22)18-23-16-17-35(5)33(31(23)28)29(21)32(26)36/h6-19H,20H2,1-5H3/q+1. The molecule has 0 aliphatic rings. The molecule has 7 rings (SSSR count). The fourth-order valence-corrected chi connectivity index (χ4v) is 6.35. The van der Waals surface area contributed by atoms with E-state index in [-0.39, 0.29) is 5.41 Å². The highest BCUT2D eigenvalue weighted by atomic mass is 15.0. The Morgan fingerprint density at radius 1 is 0.750 bits per heavy atom. The zero-order chi connectivity index (χ0) is 24.8. The number of hydrogen-bond donors (Lipinski definition) is 0. The summed E-state index contributed by atoms with van der Waals surface area (Å²) in [6, 6.07) is 29.4. The Bertz CT molecular complexity index is 1950. The molecule has 0 atom stereocenters. The summed E-state index contributed by atoms with van der Waals surface area (Å²) in [5.74, 6) is 0. The van der Waals surface area contributed by atoms with Crippen molar-refractivity contribution in [2.75, 3.05) is 0 Å². The number of fused-ring (bicyclic) bond motifs is 5. The number of pyridine rings is 2. The van der Waals surface area contributed by atoms with Crippen LogP contribution >= 0.6 is 0 Å². The molecule has 0 saturated carbocycles. The predicted octanol–water partition coefficient (Wildman–Crippen LogP) is 8.38. The maximum absolute atomic E-state index is 2.56. The van der Waals surface area contributed by atoms with E-state index < -0.39 is 0 Å². The van der Waals surface area contributed by atoms with Gasteiger partial charge in [0.1, 0.15) is 7.05 Å². The Kier molecular flexibility index (Phi) is 4.34. The maximum atomic E-state index is 2.56. The van der Waals surface area contributed by atoms with Crippen LogP contribution in [-0.2, 0) is 13.5 Å². The van der Waals surface area contributed by atoms with Crippen molar-refractivity contribution in [1.82, 2.24) is 4.40 Å². The quantitative estimate of drug-likeness (QED) is 0.137. The van der Waals surface area contributed by atoms with E-state index in [4.69, 9.17) is 0 Å². The summed E-state index contributed by atoms with van der Waals surface area (Å²) in [7, 11) is 2.19. The van der Waals surface area contributed by atoms with Gasteiger partial charge >= 0.3 is 0 Å². The molecule has 3 heterocycles. The third-order valence-corrected chi connectivity index (χ3v) is 7.77. The van der Waals surface area contributed by atoms with E-state index in [0.29, 0.717) is 0 Å². The van der Waals surface area contributed by atoms with E-state index in [2.05, 4.69) is 129 Å². The minimum Gasteiger partial charge on any atom is -0.307 e. The number of aryl methyl sites for hydroxylation is 2. The van der Waals surface area contributed by atoms with Gasteiger partial charge in [-0.2, -0.15) is 0 Å². The Morgan fingerprint density at radius 2 is 1.56 bits per heavy atom. The fraction of sp³-hybridized carbons (Fsp3) is 0.206. The van der Waals surface area contributed by atoms with Gasteiger partial charge in [-0.25, -0.2) is 4.57 Å². The predicted molar refractivity (Wildman–Crippen MR) is 153 cm³/mol. The van der Waals surface area contributed by atoms with Crippen molar-refractivity contribution in [2.24, 2.45) is 12.5 Å². The molecule has 0 aliphatic heterocycles. The average molecular weight is 468 g/mol. The van der Waals surface area contributed by atoms with Crippen LogP contribution in [0.3, 0.4) is 0 Å². The number of aromatic nitrogens is 2. The average Bonchev–Trinajstić information content (AvgIpc) is 3.20. The second-order valence-corrected chi connectivity index (χ2v) is 11.6. The first kappa shape index (κ1) is 21.4. The third kappa shape index (κ3) is 2.94. The van der Waals surface area contributed by atoms with Gasteiger partial charge in [0.25, 0.3) is 0 Å². The lowest BCUT2D eigenvalue weighted by Gasteiger charge is -2.19. The molecule has 0 unspecified atom stereocenters. The molecule has 36 heavy (non-hydrogen) atoms. The Hall–Kier alpha value is -3.91. The first-order valence-electron chi connectivity index (χ1n) is 12.9. The van der Waals surface area contributed by atoms with Crippen LogP contribution in [-0.4, -0.2) is 4.40 Å². The van der Waals surface area contributed by atoms with Crippen molar-refractivity contribution < 1.29 is 4.57 Å². The number of nitrogens with zero attached hydrogens (tertiary/aromatic N) is 2. The molecule has 4 aromatic carbocycles. The van der Waals surface area contributed by atoms with Crippen molar-refractivity contribution >= 4 is 49.0 Å². The summed E-state index contributed by atoms with van der Waals surface area (Å²) in [6.07, 6.45) is 3.27. The summed E-state index contributed by atoms with van der Waals surface area (Å²) < 4.78 is 4.87. The van der Waals surface area contributed by atoms with Crippen molar-refractivity contribution in [2.45, 2.75) is 34.1 Å². The third-order valence-electron chi connectivity index (χ3n) is 7.77. The molecular formula is C34H31N2+. The lowest BCUT2D eigenvalue weighted by Crippen LogP contribution is -2.28. The largest absolute Gasteiger partial charge is 0.307 e. The van der Waals surface area contributed by atoms with Crippen molar-refractivity contribution in [3.05, 3.63) is 96.2 Å². The molecule has 0 aliphatic carbocycles. The van der Waals surface area contributed by atoms with E-state index in [1.54, 1.807) is 0 Å². The Balaban J connectivity index is 1.78. The molecule has 3 aromatic heterocycles. The van der Waals surface area contributed by atoms with E-state index in [1.807, 2.05) is 0 Å². The van der Waals surface area contributed by atoms with Gasteiger partial charge in [-0.15, -0.1) is 0 Å². The number of benzene rings is 4. The van der Waals surface area contributed by atoms with Gasteiger partial charge in [0, 0.05) is 16.8 Å². The van der Waals surface area contributed by atoms with E-state index in [0.717, 1.165) is 6.42 Å². The van der Waals surface area contributed by atoms with Crippen LogP contribution in [0, 0.1) is 12.3 Å². The highest BCUT2D eigenvalue weighted by Gasteiger charge is 2.25. The zero-order valence-corrected chi connectivity index (χ0v) is 21.7. The molecule has 0 N–H and O–H groups in total. The van der Waals surface area contributed by atoms with E-state index >= 15 is 0 Å². The van der Waals surface area contributed by atoms with Crippen LogP contribution in [0.25, 0.3) is 60.1 Å². The first-order chi connectivity index (χ1) is 17.3. The minimum atomic E-state index is 0.215. The second kappa shape index (κ2) is 7.30. The van der Waals surface area contributed by atoms with Gasteiger partial charge < -0.3 is 4.40 Å². The Labute approximate surface area is 211 Å². The molecule has 0 fully saturated rings. The molecule has 176 valence electrons. The fourth-order valence-electron chi connectivity index (χ4n) is 6.35. The summed E-state index contributed by atoms with van der Waals surface area (Å²) in [5.41, 5.74) is 10.7. The maximum Gasteiger partial charge on any atom is 0.224 e. The van der Waals surface area contributed by atoms with Crippen LogP contribution in [0.5, 0.6) is 0 Å². The van der Waals surface area contributed by atoms with Crippen LogP contribution in [0.4, 0.5) is 0 Å². The Morgan fingerprint density at radius 3 is 2.33 bits per heavy atom. The summed E-state index contributed by atoms with van der Waals surface area (Å²) in [5, 5.41) is 6.74. The van der Waals surface area contributed by atoms with Crippen LogP contribution in [0.2, 0.25) is 0 Å². The van der Waals surface area contributed by atoms with Crippen molar-refractivity contribution in [1.29, 1.82) is 0 Å². The molecule has 0 bridgehead atoms. The first-order valence-corrected chi connectivity index (χ1v) is 12.9. The van der Waals surface area contributed by atoms with E-state index in [1.165, 1.54) is 71.3 Å². The number of rotatable bonds is 2. The molecule has 0 spiro atoms. The zero-order valence-electron chi connectivity index (χ0n) is 21.7. The highest BCUT2D eigenvalue weighted by molar-refractivity contribution is 6.26. The molecule has 0 amide bonds. The topological polar surface area (TPSA) is 8.29 Å². The second-order valence-electron chi connectivity index (χ2n) is 11.6. The summed E-state index contributed by atoms with van der Waals surface area (Å²) in [6.45, 7) is 9.26. The van der Waals surface area contributed by atoms with Crippen LogP contribution < -0.4 is 4.57 Å². The molecule has 0 saturated heterocycles. The summed E-state index contributed by atoms with van der Waals surface area (Å²) >= 11 is 0. The monoisotopic (exact) mass is 467 g/mol. The van der Waals surface area contributed by atoms with Crippen LogP contribution in [0.15, 0.2) is 85.1 Å². The van der Waals surface area contributed by atoms with Gasteiger partial charge in [-0.1, -0.05) is 75.4 Å². The molecule has 0 radical (unpaired) electrons. The van der Waals surface area contributed by atoms with Crippen molar-refractivity contribution in [3.8, 4) is 11.1 Å². The van der Waals surface area contributed by atoms with Gasteiger partial charge in [0.05, 0.1) is 27.3 Å². The smallest absolute Gasteiger partial charge is 0.224 e. The van der Waals surface area contributed by atoms with Gasteiger partial charge in [-0.3, -0.25) is 0 Å². The molecular weight excluding hydrogens is 436 g/mol. The molecule has 7 aromatic rings. The minimum absolute atomic E-state index is 0.215. The lowest BCUT2D eigenvalue weighted by molar-refractivity contribution is -0.643. The molecule has 2 heteroatoms. The van der Waals surface area contributed by atoms with Crippen molar-refractivity contribution in [3.63, 3.8) is 0 Å². The van der Waals surface area contributed by atoms with Gasteiger partial charge in [0.2, 0.25) is 5.52 Å². The lowest BCUT2D eigenvalue weighted by atomic mass is 9.86. The SMILES string of the molecule is Cc1ccc2c3c(CC(C)(C)C)cccc3n3c4cc(-c5ccccc5)cc5cc[n+](C)c(c1c23)c54. The molecule has 2 nitrogen and oxygen atoms in total.